The van der Waals surface area contributed by atoms with Gasteiger partial charge < -0.3 is 22.1 Å². The second kappa shape index (κ2) is 23.8. The van der Waals surface area contributed by atoms with E-state index >= 15 is 0 Å². The summed E-state index contributed by atoms with van der Waals surface area (Å²) < 4.78 is 0. The fourth-order valence-electron chi connectivity index (χ4n) is 0.680. The van der Waals surface area contributed by atoms with Crippen LogP contribution in [0.3, 0.4) is 0 Å². The first-order chi connectivity index (χ1) is 7.83. The number of nitrogens with zero attached hydrogens (tertiary/aromatic N) is 6. The molecule has 2 aliphatic rings. The van der Waals surface area contributed by atoms with Crippen LogP contribution < -0.4 is 0 Å². The van der Waals surface area contributed by atoms with E-state index < -0.39 is 0 Å². The zero-order valence-corrected chi connectivity index (χ0v) is 10.6. The molecule has 17 heavy (non-hydrogen) atoms. The molecule has 0 saturated carbocycles. The predicted octanol–water partition coefficient (Wildman–Crippen LogP) is 4.34. The van der Waals surface area contributed by atoms with E-state index in [9.17, 15) is 0 Å². The fraction of sp³-hybridized carbons (Fsp3) is 0.200. The van der Waals surface area contributed by atoms with Crippen molar-refractivity contribution >= 4 is 0 Å². The first kappa shape index (κ1) is 20.7. The maximum Gasteiger partial charge on any atom is 4.00 e. The first-order valence-corrected chi connectivity index (χ1v) is 4.23. The Balaban J connectivity index is -0.000000157. The molecule has 0 saturated heterocycles. The second-order valence-corrected chi connectivity index (χ2v) is 2.19. The van der Waals surface area contributed by atoms with Gasteiger partial charge in [0.1, 0.15) is 0 Å². The van der Waals surface area contributed by atoms with Crippen molar-refractivity contribution in [2.45, 2.75) is 12.8 Å². The maximum atomic E-state index is 6.75. The van der Waals surface area contributed by atoms with Gasteiger partial charge in [0.25, 0.3) is 0 Å². The molecule has 0 amide bonds. The third-order valence-electron chi connectivity index (χ3n) is 1.17. The molecule has 7 heteroatoms. The molecule has 2 aliphatic carbocycles. The van der Waals surface area contributed by atoms with Gasteiger partial charge in [-0.3, -0.25) is 22.0 Å². The Morgan fingerprint density at radius 3 is 1.12 bits per heavy atom. The number of hydrogen-bond donors (Lipinski definition) is 0. The molecule has 0 N–H and O–H groups in total. The zero-order chi connectivity index (χ0) is 12.5. The van der Waals surface area contributed by atoms with Crippen molar-refractivity contribution in [3.8, 4) is 0 Å². The Bertz CT molecular complexity index is 277. The molecule has 0 heterocycles. The van der Waals surface area contributed by atoms with Crippen LogP contribution in [0.1, 0.15) is 12.8 Å². The molecule has 0 spiro atoms. The van der Waals surface area contributed by atoms with E-state index in [-0.39, 0.29) is 21.7 Å². The van der Waals surface area contributed by atoms with Gasteiger partial charge in [-0.15, -0.1) is 12.8 Å². The molecule has 84 valence electrons. The van der Waals surface area contributed by atoms with E-state index in [0.717, 1.165) is 12.8 Å². The normalized spacial score (nSPS) is 11.3. The summed E-state index contributed by atoms with van der Waals surface area (Å²) in [5, 5.41) is 0. The summed E-state index contributed by atoms with van der Waals surface area (Å²) in [5.41, 5.74) is 27.0. The monoisotopic (exact) mass is 262 g/mol. The van der Waals surface area contributed by atoms with Crippen LogP contribution in [-0.2, 0) is 21.7 Å². The van der Waals surface area contributed by atoms with Crippen molar-refractivity contribution in [3.63, 3.8) is 0 Å². The van der Waals surface area contributed by atoms with Crippen LogP contribution in [-0.4, -0.2) is 0 Å². The molecular weight excluding hydrogens is 252 g/mol. The van der Waals surface area contributed by atoms with Crippen LogP contribution in [0.4, 0.5) is 0 Å². The van der Waals surface area contributed by atoms with Crippen LogP contribution in [0.2, 0.25) is 0 Å². The molecule has 0 unspecified atom stereocenters. The summed E-state index contributed by atoms with van der Waals surface area (Å²) in [6.45, 7) is 0. The SMILES string of the molecule is [C-]1=CC=CC1.[C-]1=CC=CC1.[N-]=[N+]=[N-].[N-]=[N+]=[N-].[Ti+4]. The van der Waals surface area contributed by atoms with Gasteiger partial charge in [-0.2, -0.15) is 12.2 Å². The summed E-state index contributed by atoms with van der Waals surface area (Å²) in [7, 11) is 0. The molecule has 0 aromatic carbocycles. The smallest absolute Gasteiger partial charge is 0.373 e. The number of hydrogen-bond acceptors (Lipinski definition) is 0. The zero-order valence-electron chi connectivity index (χ0n) is 9.06. The van der Waals surface area contributed by atoms with Crippen molar-refractivity contribution < 1.29 is 21.7 Å². The van der Waals surface area contributed by atoms with Crippen LogP contribution >= 0.6 is 0 Å². The average Bonchev–Trinajstić information content (AvgIpc) is 3.00. The molecule has 0 aromatic heterocycles. The molecule has 0 aliphatic heterocycles. The minimum atomic E-state index is 0. The van der Waals surface area contributed by atoms with Crippen LogP contribution in [0.15, 0.2) is 36.5 Å². The van der Waals surface area contributed by atoms with Gasteiger partial charge in [0.2, 0.25) is 0 Å². The van der Waals surface area contributed by atoms with E-state index in [1.165, 1.54) is 9.82 Å². The van der Waals surface area contributed by atoms with Crippen molar-refractivity contribution in [3.05, 3.63) is 80.6 Å². The van der Waals surface area contributed by atoms with Crippen LogP contribution in [0, 0.1) is 12.2 Å². The topological polar surface area (TPSA) is 117 Å². The summed E-state index contributed by atoms with van der Waals surface area (Å²) in [5.74, 6) is 0. The van der Waals surface area contributed by atoms with Gasteiger partial charge in [-0.1, -0.05) is 0 Å². The van der Waals surface area contributed by atoms with Crippen molar-refractivity contribution in [1.82, 2.24) is 0 Å². The Labute approximate surface area is 115 Å². The minimum Gasteiger partial charge on any atom is -0.373 e. The Morgan fingerprint density at radius 2 is 1.06 bits per heavy atom. The number of allylic oxidation sites excluding steroid dienone is 8. The molecule has 0 fully saturated rings. The average molecular weight is 262 g/mol. The summed E-state index contributed by atoms with van der Waals surface area (Å²) >= 11 is 0. The third-order valence-corrected chi connectivity index (χ3v) is 1.17. The second-order valence-electron chi connectivity index (χ2n) is 2.19. The summed E-state index contributed by atoms with van der Waals surface area (Å²) in [6, 6.07) is 0. The summed E-state index contributed by atoms with van der Waals surface area (Å²) in [6.07, 6.45) is 20.0. The van der Waals surface area contributed by atoms with Crippen LogP contribution in [0.5, 0.6) is 0 Å². The van der Waals surface area contributed by atoms with Gasteiger partial charge in [0, 0.05) is 0 Å². The van der Waals surface area contributed by atoms with E-state index in [1.54, 1.807) is 0 Å². The Hall–Kier alpha value is -1.71. The number of rotatable bonds is 0. The largest absolute Gasteiger partial charge is 4.00 e. The fourth-order valence-corrected chi connectivity index (χ4v) is 0.680. The molecule has 0 aromatic rings. The molecule has 0 atom stereocenters. The quantitative estimate of drug-likeness (QED) is 0.203. The van der Waals surface area contributed by atoms with E-state index in [2.05, 4.69) is 24.3 Å². The van der Waals surface area contributed by atoms with Crippen LogP contribution in [0.25, 0.3) is 31.9 Å². The van der Waals surface area contributed by atoms with Gasteiger partial charge in [0.15, 0.2) is 0 Å². The van der Waals surface area contributed by atoms with Crippen molar-refractivity contribution in [2.24, 2.45) is 0 Å². The van der Waals surface area contributed by atoms with E-state index in [4.69, 9.17) is 22.1 Å². The van der Waals surface area contributed by atoms with E-state index in [0.29, 0.717) is 0 Å². The molecular formula is C10H10N6Ti. The molecule has 2 rings (SSSR count). The molecule has 0 radical (unpaired) electrons. The Kier molecular flexibility index (Phi) is 29.0. The van der Waals surface area contributed by atoms with Gasteiger partial charge in [0.05, 0.1) is 0 Å². The predicted molar refractivity (Wildman–Crippen MR) is 63.3 cm³/mol. The van der Waals surface area contributed by atoms with Crippen molar-refractivity contribution in [2.75, 3.05) is 0 Å². The molecule has 6 nitrogen and oxygen atoms in total. The summed E-state index contributed by atoms with van der Waals surface area (Å²) in [4.78, 5) is 3.00. The first-order valence-electron chi connectivity index (χ1n) is 4.23. The Morgan fingerprint density at radius 1 is 0.765 bits per heavy atom. The van der Waals surface area contributed by atoms with E-state index in [1.807, 2.05) is 24.3 Å². The van der Waals surface area contributed by atoms with Gasteiger partial charge in [-0.05, 0) is 0 Å². The standard InChI is InChI=1S/2C5H5.2N3.Ti/c2*1-2-4-5-3-1;2*1-3-2;/h2*1-3H,4H2;;;/q4*-1;+4. The van der Waals surface area contributed by atoms with Gasteiger partial charge in [-0.25, -0.2) is 24.3 Å². The maximum absolute atomic E-state index is 6.75. The van der Waals surface area contributed by atoms with Gasteiger partial charge >= 0.3 is 21.7 Å². The minimum absolute atomic E-state index is 0. The third kappa shape index (κ3) is 31.4. The van der Waals surface area contributed by atoms with Crippen molar-refractivity contribution in [1.29, 1.82) is 0 Å². The molecule has 0 bridgehead atoms.